The van der Waals surface area contributed by atoms with Gasteiger partial charge in [0.2, 0.25) is 0 Å². The number of aromatic nitrogens is 2. The van der Waals surface area contributed by atoms with Gasteiger partial charge < -0.3 is 9.32 Å². The van der Waals surface area contributed by atoms with Crippen molar-refractivity contribution in [3.8, 4) is 0 Å². The maximum Gasteiger partial charge on any atom is 0.196 e. The summed E-state index contributed by atoms with van der Waals surface area (Å²) >= 11 is 0. The summed E-state index contributed by atoms with van der Waals surface area (Å²) in [5.41, 5.74) is 4.97. The minimum atomic E-state index is 0.178. The highest BCUT2D eigenvalue weighted by Gasteiger charge is 2.39. The number of rotatable bonds is 9. The van der Waals surface area contributed by atoms with Crippen LogP contribution < -0.4 is 10.3 Å². The van der Waals surface area contributed by atoms with Crippen LogP contribution in [0.5, 0.6) is 0 Å². The van der Waals surface area contributed by atoms with Crippen molar-refractivity contribution in [1.29, 1.82) is 0 Å². The molecule has 4 aromatic rings. The third kappa shape index (κ3) is 5.80. The Hall–Kier alpha value is -3.21. The molecule has 2 aromatic heterocycles. The monoisotopic (exact) mass is 537 g/mol. The molecule has 0 radical (unpaired) electrons. The average Bonchev–Trinajstić information content (AvgIpc) is 3.67. The number of hydrogen-bond donors (Lipinski definition) is 0. The fourth-order valence-electron chi connectivity index (χ4n) is 7.23. The van der Waals surface area contributed by atoms with Crippen molar-refractivity contribution >= 4 is 27.7 Å². The highest BCUT2D eigenvalue weighted by Crippen LogP contribution is 2.48. The summed E-state index contributed by atoms with van der Waals surface area (Å²) in [4.78, 5) is 25.0. The van der Waals surface area contributed by atoms with Crippen LogP contribution in [-0.2, 0) is 12.8 Å². The van der Waals surface area contributed by atoms with Crippen LogP contribution in [0.4, 0.5) is 5.82 Å². The maximum atomic E-state index is 13.2. The number of benzene rings is 2. The molecule has 0 N–H and O–H groups in total. The smallest absolute Gasteiger partial charge is 0.196 e. The first-order chi connectivity index (χ1) is 19.4. The highest BCUT2D eigenvalue weighted by atomic mass is 16.3. The van der Waals surface area contributed by atoms with Gasteiger partial charge in [-0.25, -0.2) is 9.97 Å². The van der Waals surface area contributed by atoms with Gasteiger partial charge in [-0.1, -0.05) is 50.3 Å². The Labute approximate surface area is 238 Å². The molecule has 2 heterocycles. The zero-order valence-electron chi connectivity index (χ0n) is 24.6. The molecular formula is C35H43N3O2. The first-order valence-corrected chi connectivity index (χ1v) is 15.3. The Kier molecular flexibility index (Phi) is 7.65. The highest BCUT2D eigenvalue weighted by molar-refractivity contribution is 5.89. The second-order valence-electron chi connectivity index (χ2n) is 12.9. The van der Waals surface area contributed by atoms with Crippen LogP contribution >= 0.6 is 0 Å². The second-order valence-corrected chi connectivity index (χ2v) is 12.9. The lowest BCUT2D eigenvalue weighted by atomic mass is 9.77. The zero-order chi connectivity index (χ0) is 27.8. The summed E-state index contributed by atoms with van der Waals surface area (Å²) in [6.07, 6.45) is 14.1. The number of hydrogen-bond acceptors (Lipinski definition) is 5. The summed E-state index contributed by atoms with van der Waals surface area (Å²) < 4.78 is 5.90. The first kappa shape index (κ1) is 27.0. The van der Waals surface area contributed by atoms with Gasteiger partial charge in [-0.05, 0) is 92.5 Å². The van der Waals surface area contributed by atoms with Gasteiger partial charge in [-0.3, -0.25) is 4.79 Å². The van der Waals surface area contributed by atoms with E-state index in [0.29, 0.717) is 5.92 Å². The van der Waals surface area contributed by atoms with Crippen molar-refractivity contribution < 1.29 is 4.42 Å². The summed E-state index contributed by atoms with van der Waals surface area (Å²) in [6.45, 7) is 4.06. The van der Waals surface area contributed by atoms with E-state index in [-0.39, 0.29) is 5.43 Å². The van der Waals surface area contributed by atoms with Gasteiger partial charge in [0.15, 0.2) is 5.43 Å². The standard InChI is InChI=1S/C35H43N3O2/c1-22-16-23(2)33-31(17-22)40-21-28(34(33)39)20-27-19-26(27)18-25-14-12-24(13-15-25)8-7-11-32-36-30-10-6-5-9-29(30)35(37-32)38(3)4/h5-6,9-10,16-17,21,24-27H,7-8,11-15,18-20H2,1-4H3. The Morgan fingerprint density at radius 1 is 0.975 bits per heavy atom. The van der Waals surface area contributed by atoms with Crippen molar-refractivity contribution in [2.75, 3.05) is 19.0 Å². The molecule has 6 rings (SSSR count). The van der Waals surface area contributed by atoms with Crippen molar-refractivity contribution in [1.82, 2.24) is 9.97 Å². The normalized spacial score (nSPS) is 22.6. The van der Waals surface area contributed by atoms with Gasteiger partial charge in [0.1, 0.15) is 17.2 Å². The molecule has 2 fully saturated rings. The van der Waals surface area contributed by atoms with Gasteiger partial charge in [0.25, 0.3) is 0 Å². The zero-order valence-corrected chi connectivity index (χ0v) is 24.6. The minimum absolute atomic E-state index is 0.178. The Morgan fingerprint density at radius 2 is 1.75 bits per heavy atom. The van der Waals surface area contributed by atoms with Crippen LogP contribution in [0.2, 0.25) is 0 Å². The van der Waals surface area contributed by atoms with E-state index in [1.807, 2.05) is 19.9 Å². The summed E-state index contributed by atoms with van der Waals surface area (Å²) in [7, 11) is 4.12. The SMILES string of the molecule is Cc1cc(C)c2c(=O)c(CC3CC3CC3CCC(CCCc4nc(N(C)C)c5ccccc5n4)CC3)coc2c1. The predicted molar refractivity (Wildman–Crippen MR) is 164 cm³/mol. The summed E-state index contributed by atoms with van der Waals surface area (Å²) in [6, 6.07) is 12.4. The quantitative estimate of drug-likeness (QED) is 0.218. The molecule has 2 unspecified atom stereocenters. The van der Waals surface area contributed by atoms with Crippen LogP contribution in [0.25, 0.3) is 21.9 Å². The molecule has 5 heteroatoms. The van der Waals surface area contributed by atoms with E-state index < -0.39 is 0 Å². The molecular weight excluding hydrogens is 494 g/mol. The van der Waals surface area contributed by atoms with E-state index in [1.54, 1.807) is 6.26 Å². The van der Waals surface area contributed by atoms with Gasteiger partial charge in [-0.2, -0.15) is 0 Å². The number of anilines is 1. The second kappa shape index (κ2) is 11.3. The average molecular weight is 538 g/mol. The van der Waals surface area contributed by atoms with E-state index in [9.17, 15) is 4.79 Å². The van der Waals surface area contributed by atoms with Crippen molar-refractivity contribution in [3.05, 3.63) is 75.4 Å². The topological polar surface area (TPSA) is 59.2 Å². The number of nitrogens with zero attached hydrogens (tertiary/aromatic N) is 3. The molecule has 2 aliphatic carbocycles. The van der Waals surface area contributed by atoms with E-state index in [0.717, 1.165) is 80.8 Å². The van der Waals surface area contributed by atoms with Gasteiger partial charge in [0.05, 0.1) is 17.2 Å². The van der Waals surface area contributed by atoms with Crippen LogP contribution in [0.15, 0.2) is 51.9 Å². The van der Waals surface area contributed by atoms with Crippen LogP contribution in [0.1, 0.15) is 73.9 Å². The predicted octanol–water partition coefficient (Wildman–Crippen LogP) is 7.82. The van der Waals surface area contributed by atoms with E-state index in [1.165, 1.54) is 51.4 Å². The number of aryl methyl sites for hydroxylation is 3. The minimum Gasteiger partial charge on any atom is -0.464 e. The molecule has 0 amide bonds. The molecule has 210 valence electrons. The van der Waals surface area contributed by atoms with E-state index in [2.05, 4.69) is 49.3 Å². The molecule has 2 saturated carbocycles. The number of para-hydroxylation sites is 1. The molecule has 2 atom stereocenters. The van der Waals surface area contributed by atoms with Crippen LogP contribution in [-0.4, -0.2) is 24.1 Å². The van der Waals surface area contributed by atoms with Crippen LogP contribution in [0.3, 0.4) is 0 Å². The van der Waals surface area contributed by atoms with E-state index >= 15 is 0 Å². The van der Waals surface area contributed by atoms with Crippen molar-refractivity contribution in [2.24, 2.45) is 23.7 Å². The Morgan fingerprint density at radius 3 is 2.55 bits per heavy atom. The molecule has 0 bridgehead atoms. The maximum absolute atomic E-state index is 13.2. The van der Waals surface area contributed by atoms with E-state index in [4.69, 9.17) is 14.4 Å². The Bertz CT molecular complexity index is 1560. The fourth-order valence-corrected chi connectivity index (χ4v) is 7.23. The summed E-state index contributed by atoms with van der Waals surface area (Å²) in [5, 5.41) is 1.89. The van der Waals surface area contributed by atoms with Crippen molar-refractivity contribution in [2.45, 2.75) is 78.1 Å². The molecule has 5 nitrogen and oxygen atoms in total. The summed E-state index contributed by atoms with van der Waals surface area (Å²) in [5.74, 6) is 5.13. The lowest BCUT2D eigenvalue weighted by Crippen LogP contribution is -2.16. The van der Waals surface area contributed by atoms with Gasteiger partial charge in [0, 0.05) is 31.5 Å². The molecule has 2 aromatic carbocycles. The van der Waals surface area contributed by atoms with Gasteiger partial charge >= 0.3 is 0 Å². The molecule has 0 aliphatic heterocycles. The third-order valence-electron chi connectivity index (χ3n) is 9.51. The molecule has 0 spiro atoms. The molecule has 0 saturated heterocycles. The first-order valence-electron chi connectivity index (χ1n) is 15.3. The largest absolute Gasteiger partial charge is 0.464 e. The lowest BCUT2D eigenvalue weighted by molar-refractivity contribution is 0.241. The number of fused-ring (bicyclic) bond motifs is 2. The molecule has 2 aliphatic rings. The van der Waals surface area contributed by atoms with Gasteiger partial charge in [-0.15, -0.1) is 0 Å². The third-order valence-corrected chi connectivity index (χ3v) is 9.51. The Balaban J connectivity index is 0.959. The lowest BCUT2D eigenvalue weighted by Gasteiger charge is -2.28. The molecule has 40 heavy (non-hydrogen) atoms. The fraction of sp³-hybridized carbons (Fsp3) is 0.514. The van der Waals surface area contributed by atoms with Crippen molar-refractivity contribution in [3.63, 3.8) is 0 Å². The van der Waals surface area contributed by atoms with Crippen LogP contribution in [0, 0.1) is 37.5 Å².